The Morgan fingerprint density at radius 3 is 2.89 bits per heavy atom. The predicted molar refractivity (Wildman–Crippen MR) is 70.8 cm³/mol. The molecule has 1 aromatic carbocycles. The van der Waals surface area contributed by atoms with Gasteiger partial charge in [0.25, 0.3) is 5.91 Å². The molecule has 1 amide bonds. The fourth-order valence-corrected chi connectivity index (χ4v) is 1.88. The monoisotopic (exact) mass is 272 g/mol. The van der Waals surface area contributed by atoms with Crippen LogP contribution in [0.3, 0.4) is 0 Å². The lowest BCUT2D eigenvalue weighted by atomic mass is 10.1. The average Bonchev–Trinajstić information content (AvgIpc) is 2.38. The number of morpholine rings is 1. The van der Waals surface area contributed by atoms with Gasteiger partial charge in [0.05, 0.1) is 24.9 Å². The molecule has 0 bridgehead atoms. The van der Waals surface area contributed by atoms with Gasteiger partial charge in [-0.1, -0.05) is 12.1 Å². The summed E-state index contributed by atoms with van der Waals surface area (Å²) in [7, 11) is 0. The van der Waals surface area contributed by atoms with E-state index in [-0.39, 0.29) is 31.0 Å². The van der Waals surface area contributed by atoms with Crippen molar-refractivity contribution in [2.45, 2.75) is 6.10 Å². The summed E-state index contributed by atoms with van der Waals surface area (Å²) in [4.78, 5) is 13.9. The van der Waals surface area contributed by atoms with Gasteiger partial charge in [0.2, 0.25) is 0 Å². The van der Waals surface area contributed by atoms with Crippen LogP contribution < -0.4 is 5.73 Å². The van der Waals surface area contributed by atoms with E-state index in [9.17, 15) is 4.79 Å². The number of carbonyl (C=O) groups is 1. The van der Waals surface area contributed by atoms with E-state index in [2.05, 4.69) is 0 Å². The number of ether oxygens (including phenoxy) is 1. The highest BCUT2D eigenvalue weighted by atomic mass is 35.5. The first-order valence-electron chi connectivity index (χ1n) is 5.58. The van der Waals surface area contributed by atoms with Gasteiger partial charge in [-0.2, -0.15) is 0 Å². The van der Waals surface area contributed by atoms with E-state index in [1.165, 1.54) is 0 Å². The minimum absolute atomic E-state index is 0. The number of aliphatic hydroxyl groups excluding tert-OH is 1. The first-order chi connectivity index (χ1) is 8.22. The zero-order valence-corrected chi connectivity index (χ0v) is 10.7. The Labute approximate surface area is 112 Å². The Balaban J connectivity index is 0.00000162. The number of benzene rings is 1. The number of halogens is 1. The van der Waals surface area contributed by atoms with Crippen molar-refractivity contribution in [2.75, 3.05) is 32.0 Å². The standard InChI is InChI=1S/C12H16N2O3.ClH/c13-11-4-2-1-3-10(11)12(16)14-5-6-17-9(7-14)8-15;/h1-4,9,15H,5-8,13H2;1H. The fourth-order valence-electron chi connectivity index (χ4n) is 1.88. The van der Waals surface area contributed by atoms with Gasteiger partial charge >= 0.3 is 0 Å². The van der Waals surface area contributed by atoms with Gasteiger partial charge in [-0.25, -0.2) is 0 Å². The van der Waals surface area contributed by atoms with Crippen LogP contribution in [0.5, 0.6) is 0 Å². The van der Waals surface area contributed by atoms with E-state index >= 15 is 0 Å². The number of anilines is 1. The number of nitrogens with two attached hydrogens (primary N) is 1. The smallest absolute Gasteiger partial charge is 0.256 e. The summed E-state index contributed by atoms with van der Waals surface area (Å²) in [5.74, 6) is -0.107. The molecule has 0 spiro atoms. The number of nitrogens with zero attached hydrogens (tertiary/aromatic N) is 1. The van der Waals surface area contributed by atoms with Crippen molar-refractivity contribution in [3.05, 3.63) is 29.8 Å². The van der Waals surface area contributed by atoms with E-state index < -0.39 is 0 Å². The molecule has 18 heavy (non-hydrogen) atoms. The molecule has 0 saturated carbocycles. The number of nitrogen functional groups attached to an aromatic ring is 1. The molecule has 3 N–H and O–H groups in total. The van der Waals surface area contributed by atoms with Gasteiger partial charge < -0.3 is 20.5 Å². The minimum Gasteiger partial charge on any atom is -0.398 e. The van der Waals surface area contributed by atoms with Crippen molar-refractivity contribution in [3.63, 3.8) is 0 Å². The number of rotatable bonds is 2. The molecule has 1 atom stereocenters. The Morgan fingerprint density at radius 1 is 1.50 bits per heavy atom. The van der Waals surface area contributed by atoms with Gasteiger partial charge in [-0.05, 0) is 12.1 Å². The second kappa shape index (κ2) is 6.58. The van der Waals surface area contributed by atoms with Crippen molar-refractivity contribution < 1.29 is 14.6 Å². The van der Waals surface area contributed by atoms with Crippen LogP contribution >= 0.6 is 12.4 Å². The largest absolute Gasteiger partial charge is 0.398 e. The van der Waals surface area contributed by atoms with Crippen LogP contribution in [-0.4, -0.2) is 48.3 Å². The highest BCUT2D eigenvalue weighted by molar-refractivity contribution is 5.99. The Kier molecular flexibility index (Phi) is 5.40. The summed E-state index contributed by atoms with van der Waals surface area (Å²) in [5.41, 5.74) is 6.75. The first kappa shape index (κ1) is 14.8. The van der Waals surface area contributed by atoms with E-state index in [1.807, 2.05) is 0 Å². The molecule has 1 aliphatic heterocycles. The van der Waals surface area contributed by atoms with Crippen molar-refractivity contribution in [2.24, 2.45) is 0 Å². The molecule has 0 aliphatic carbocycles. The summed E-state index contributed by atoms with van der Waals surface area (Å²) in [5, 5.41) is 9.03. The number of hydrogen-bond acceptors (Lipinski definition) is 4. The third kappa shape index (κ3) is 3.13. The predicted octanol–water partition coefficient (Wildman–Crippen LogP) is 0.524. The average molecular weight is 273 g/mol. The van der Waals surface area contributed by atoms with Gasteiger partial charge in [-0.3, -0.25) is 4.79 Å². The highest BCUT2D eigenvalue weighted by Gasteiger charge is 2.25. The van der Waals surface area contributed by atoms with Crippen molar-refractivity contribution >= 4 is 24.0 Å². The Hall–Kier alpha value is -1.30. The van der Waals surface area contributed by atoms with Crippen molar-refractivity contribution in [1.29, 1.82) is 0 Å². The quantitative estimate of drug-likeness (QED) is 0.770. The molecular formula is C12H17ClN2O3. The molecule has 1 unspecified atom stereocenters. The van der Waals surface area contributed by atoms with Crippen LogP contribution in [0, 0.1) is 0 Å². The molecule has 100 valence electrons. The molecule has 1 aliphatic rings. The lowest BCUT2D eigenvalue weighted by Crippen LogP contribution is -2.47. The maximum atomic E-state index is 12.2. The third-order valence-electron chi connectivity index (χ3n) is 2.82. The topological polar surface area (TPSA) is 75.8 Å². The first-order valence-corrected chi connectivity index (χ1v) is 5.58. The number of hydrogen-bond donors (Lipinski definition) is 2. The van der Waals surface area contributed by atoms with Crippen molar-refractivity contribution in [1.82, 2.24) is 4.90 Å². The van der Waals surface area contributed by atoms with Crippen LogP contribution in [0.4, 0.5) is 5.69 Å². The fraction of sp³-hybridized carbons (Fsp3) is 0.417. The number of carbonyl (C=O) groups excluding carboxylic acids is 1. The molecule has 6 heteroatoms. The lowest BCUT2D eigenvalue weighted by Gasteiger charge is -2.32. The van der Waals surface area contributed by atoms with Crippen LogP contribution in [-0.2, 0) is 4.74 Å². The number of amides is 1. The third-order valence-corrected chi connectivity index (χ3v) is 2.82. The molecule has 1 heterocycles. The number of para-hydroxylation sites is 1. The summed E-state index contributed by atoms with van der Waals surface area (Å²) >= 11 is 0. The maximum absolute atomic E-state index is 12.2. The van der Waals surface area contributed by atoms with Crippen molar-refractivity contribution in [3.8, 4) is 0 Å². The van der Waals surface area contributed by atoms with Gasteiger partial charge in [0.1, 0.15) is 0 Å². The van der Waals surface area contributed by atoms with Crippen LogP contribution in [0.25, 0.3) is 0 Å². The van der Waals surface area contributed by atoms with Crippen LogP contribution in [0.2, 0.25) is 0 Å². The molecule has 2 rings (SSSR count). The maximum Gasteiger partial charge on any atom is 0.256 e. The van der Waals surface area contributed by atoms with E-state index in [1.54, 1.807) is 29.2 Å². The lowest BCUT2D eigenvalue weighted by molar-refractivity contribution is -0.0447. The zero-order valence-electron chi connectivity index (χ0n) is 9.91. The summed E-state index contributed by atoms with van der Waals surface area (Å²) < 4.78 is 5.30. The van der Waals surface area contributed by atoms with Crippen LogP contribution in [0.15, 0.2) is 24.3 Å². The highest BCUT2D eigenvalue weighted by Crippen LogP contribution is 2.15. The molecule has 1 aromatic rings. The molecule has 1 saturated heterocycles. The van der Waals surface area contributed by atoms with E-state index in [0.717, 1.165) is 0 Å². The van der Waals surface area contributed by atoms with Crippen LogP contribution in [0.1, 0.15) is 10.4 Å². The summed E-state index contributed by atoms with van der Waals surface area (Å²) in [6.07, 6.45) is -0.294. The van der Waals surface area contributed by atoms with E-state index in [4.69, 9.17) is 15.6 Å². The number of aliphatic hydroxyl groups is 1. The molecule has 1 fully saturated rings. The molecular weight excluding hydrogens is 256 g/mol. The second-order valence-corrected chi connectivity index (χ2v) is 4.01. The Morgan fingerprint density at radius 2 is 2.22 bits per heavy atom. The van der Waals surface area contributed by atoms with Gasteiger partial charge in [0, 0.05) is 18.8 Å². The van der Waals surface area contributed by atoms with Gasteiger partial charge in [0.15, 0.2) is 0 Å². The van der Waals surface area contributed by atoms with Gasteiger partial charge in [-0.15, -0.1) is 12.4 Å². The second-order valence-electron chi connectivity index (χ2n) is 4.01. The summed E-state index contributed by atoms with van der Waals surface area (Å²) in [6, 6.07) is 6.99. The van der Waals surface area contributed by atoms with E-state index in [0.29, 0.717) is 30.9 Å². The summed E-state index contributed by atoms with van der Waals surface area (Å²) in [6.45, 7) is 1.31. The molecule has 5 nitrogen and oxygen atoms in total. The zero-order chi connectivity index (χ0) is 12.3. The Bertz CT molecular complexity index is 414. The molecule has 0 aromatic heterocycles. The normalized spacial score (nSPS) is 19.2. The minimum atomic E-state index is -0.294. The molecule has 0 radical (unpaired) electrons. The SMILES string of the molecule is Cl.Nc1ccccc1C(=O)N1CCOC(CO)C1.